The Morgan fingerprint density at radius 1 is 0.921 bits per heavy atom. The van der Waals surface area contributed by atoms with Crippen LogP contribution in [0.15, 0.2) is 102 Å². The number of hydrogen-bond donors (Lipinski definition) is 0. The lowest BCUT2D eigenvalue weighted by atomic mass is 9.99. The summed E-state index contributed by atoms with van der Waals surface area (Å²) in [5.74, 6) is 0. The molecule has 0 unspecified atom stereocenters. The Morgan fingerprint density at radius 2 is 1.55 bits per heavy atom. The Bertz CT molecular complexity index is 1420. The molecule has 0 radical (unpaired) electrons. The van der Waals surface area contributed by atoms with E-state index in [1.165, 1.54) is 28.0 Å². The van der Waals surface area contributed by atoms with Gasteiger partial charge in [-0.15, -0.1) is 12.8 Å². The Morgan fingerprint density at radius 3 is 2.13 bits per heavy atom. The first-order valence-corrected chi connectivity index (χ1v) is 13.0. The fourth-order valence-electron chi connectivity index (χ4n) is 4.35. The van der Waals surface area contributed by atoms with Crippen LogP contribution in [0.2, 0.25) is 0 Å². The summed E-state index contributed by atoms with van der Waals surface area (Å²) in [4.78, 5) is 8.57. The number of fused-ring (bicyclic) bond motifs is 1. The molecule has 0 bridgehead atoms. The Labute approximate surface area is 229 Å². The summed E-state index contributed by atoms with van der Waals surface area (Å²) < 4.78 is 2.28. The van der Waals surface area contributed by atoms with Crippen molar-refractivity contribution < 1.29 is 0 Å². The van der Waals surface area contributed by atoms with E-state index in [1.54, 1.807) is 7.05 Å². The zero-order chi connectivity index (χ0) is 27.9. The summed E-state index contributed by atoms with van der Waals surface area (Å²) in [6, 6.07) is 19.8. The van der Waals surface area contributed by atoms with Crippen molar-refractivity contribution >= 4 is 22.7 Å². The number of pyridine rings is 1. The molecule has 0 saturated carbocycles. The van der Waals surface area contributed by atoms with Gasteiger partial charge in [-0.3, -0.25) is 9.98 Å². The second kappa shape index (κ2) is 15.6. The van der Waals surface area contributed by atoms with Crippen LogP contribution in [0, 0.1) is 19.8 Å². The number of aromatic nitrogens is 2. The van der Waals surface area contributed by atoms with E-state index in [9.17, 15) is 0 Å². The molecule has 38 heavy (non-hydrogen) atoms. The predicted molar refractivity (Wildman–Crippen MR) is 167 cm³/mol. The van der Waals surface area contributed by atoms with Gasteiger partial charge in [-0.25, -0.2) is 0 Å². The van der Waals surface area contributed by atoms with Crippen LogP contribution in [-0.4, -0.2) is 22.8 Å². The molecule has 0 N–H and O–H groups in total. The van der Waals surface area contributed by atoms with Crippen molar-refractivity contribution in [1.29, 1.82) is 0 Å². The third kappa shape index (κ3) is 7.08. The van der Waals surface area contributed by atoms with Crippen molar-refractivity contribution in [1.82, 2.24) is 9.55 Å². The van der Waals surface area contributed by atoms with E-state index in [2.05, 4.69) is 126 Å². The Hall–Kier alpha value is -4.42. The Balaban J connectivity index is 0.00000121. The highest BCUT2D eigenvalue weighted by atomic mass is 15.0. The van der Waals surface area contributed by atoms with Crippen LogP contribution >= 0.6 is 0 Å². The van der Waals surface area contributed by atoms with Crippen LogP contribution in [0.25, 0.3) is 22.2 Å². The van der Waals surface area contributed by atoms with E-state index < -0.39 is 0 Å². The van der Waals surface area contributed by atoms with E-state index in [0.717, 1.165) is 28.6 Å². The fourth-order valence-corrected chi connectivity index (χ4v) is 4.35. The highest BCUT2D eigenvalue weighted by Gasteiger charge is 2.14. The van der Waals surface area contributed by atoms with Crippen molar-refractivity contribution in [2.24, 2.45) is 4.99 Å². The molecule has 2 heterocycles. The number of allylic oxidation sites excluding steroid dienone is 6. The van der Waals surface area contributed by atoms with Gasteiger partial charge in [0, 0.05) is 48.0 Å². The third-order valence-corrected chi connectivity index (χ3v) is 6.02. The topological polar surface area (TPSA) is 30.2 Å². The average Bonchev–Trinajstić information content (AvgIpc) is 3.25. The number of aliphatic imine (C=N–C) groups is 1. The first-order valence-electron chi connectivity index (χ1n) is 13.0. The van der Waals surface area contributed by atoms with E-state index in [0.29, 0.717) is 0 Å². The molecule has 0 amide bonds. The van der Waals surface area contributed by atoms with E-state index in [4.69, 9.17) is 0 Å². The fraction of sp³-hybridized carbons (Fsp3) is 0.200. The Kier molecular flexibility index (Phi) is 12.3. The third-order valence-electron chi connectivity index (χ3n) is 6.02. The minimum absolute atomic E-state index is 0.904. The van der Waals surface area contributed by atoms with Gasteiger partial charge in [0.05, 0.1) is 5.52 Å². The summed E-state index contributed by atoms with van der Waals surface area (Å²) >= 11 is 0. The molecule has 2 aromatic heterocycles. The molecule has 0 fully saturated rings. The number of rotatable bonds is 7. The zero-order valence-electron chi connectivity index (χ0n) is 23.5. The van der Waals surface area contributed by atoms with Crippen LogP contribution in [0.5, 0.6) is 0 Å². The lowest BCUT2D eigenvalue weighted by molar-refractivity contribution is 1.04. The first-order chi connectivity index (χ1) is 18.7. The van der Waals surface area contributed by atoms with Crippen LogP contribution in [-0.2, 0) is 6.42 Å². The van der Waals surface area contributed by atoms with Gasteiger partial charge in [-0.2, -0.15) is 0 Å². The van der Waals surface area contributed by atoms with Crippen molar-refractivity contribution in [2.45, 2.75) is 41.0 Å². The van der Waals surface area contributed by atoms with Crippen LogP contribution in [0.1, 0.15) is 55.6 Å². The normalized spacial score (nSPS) is 11.5. The number of nitrogens with zero attached hydrogens (tertiary/aromatic N) is 3. The molecule has 2 aromatic carbocycles. The summed E-state index contributed by atoms with van der Waals surface area (Å²) in [5.41, 5.74) is 9.62. The van der Waals surface area contributed by atoms with Gasteiger partial charge in [-0.1, -0.05) is 80.6 Å². The standard InChI is InChI=1S/C31H31N3.C2H6.C2H2/c1-5-7-9-26(8-6-2)27-14-10-24(11-15-27)20-25-12-16-28(17-13-25)34-23(3)29(21-32-4)30-22-33-19-18-31(30)34;2*1-2/h5-19,21-22H,20H2,1-4H3;1-2H3;1-2H/b7-5+,8-6-,26-9+,32-21?;;. The van der Waals surface area contributed by atoms with Crippen LogP contribution in [0.4, 0.5) is 0 Å². The smallest absolute Gasteiger partial charge is 0.0569 e. The van der Waals surface area contributed by atoms with Gasteiger partial charge in [-0.05, 0) is 67.7 Å². The molecule has 194 valence electrons. The lowest BCUT2D eigenvalue weighted by Crippen LogP contribution is -1.98. The van der Waals surface area contributed by atoms with Gasteiger partial charge in [0.15, 0.2) is 0 Å². The second-order valence-corrected chi connectivity index (χ2v) is 8.30. The molecule has 4 rings (SSSR count). The van der Waals surface area contributed by atoms with E-state index >= 15 is 0 Å². The molecule has 0 aliphatic rings. The second-order valence-electron chi connectivity index (χ2n) is 8.30. The molecule has 0 aliphatic heterocycles. The summed E-state index contributed by atoms with van der Waals surface area (Å²) in [5, 5.41) is 1.12. The lowest BCUT2D eigenvalue weighted by Gasteiger charge is -2.10. The molecule has 0 aliphatic carbocycles. The van der Waals surface area contributed by atoms with Crippen molar-refractivity contribution in [3.05, 3.63) is 125 Å². The molecule has 0 saturated heterocycles. The molecule has 3 heteroatoms. The zero-order valence-corrected chi connectivity index (χ0v) is 23.5. The van der Waals surface area contributed by atoms with Crippen molar-refractivity contribution in [2.75, 3.05) is 7.05 Å². The summed E-state index contributed by atoms with van der Waals surface area (Å²) in [6.07, 6.45) is 25.1. The van der Waals surface area contributed by atoms with Gasteiger partial charge < -0.3 is 4.57 Å². The van der Waals surface area contributed by atoms with Gasteiger partial charge in [0.25, 0.3) is 0 Å². The quantitative estimate of drug-likeness (QED) is 0.141. The monoisotopic (exact) mass is 501 g/mol. The molecular formula is C35H39N3. The highest BCUT2D eigenvalue weighted by molar-refractivity contribution is 6.01. The largest absolute Gasteiger partial charge is 0.313 e. The minimum atomic E-state index is 0.904. The van der Waals surface area contributed by atoms with Gasteiger partial charge in [0.1, 0.15) is 0 Å². The van der Waals surface area contributed by atoms with Gasteiger partial charge in [0.2, 0.25) is 0 Å². The summed E-state index contributed by atoms with van der Waals surface area (Å²) in [7, 11) is 1.81. The minimum Gasteiger partial charge on any atom is -0.313 e. The first kappa shape index (κ1) is 29.8. The van der Waals surface area contributed by atoms with Crippen molar-refractivity contribution in [3.8, 4) is 18.5 Å². The van der Waals surface area contributed by atoms with E-state index in [1.807, 2.05) is 39.4 Å². The van der Waals surface area contributed by atoms with Crippen LogP contribution < -0.4 is 0 Å². The molecular weight excluding hydrogens is 462 g/mol. The number of hydrogen-bond acceptors (Lipinski definition) is 2. The number of terminal acetylenes is 1. The highest BCUT2D eigenvalue weighted by Crippen LogP contribution is 2.28. The van der Waals surface area contributed by atoms with Gasteiger partial charge >= 0.3 is 0 Å². The maximum Gasteiger partial charge on any atom is 0.0569 e. The molecule has 0 atom stereocenters. The summed E-state index contributed by atoms with van der Waals surface area (Å²) in [6.45, 7) is 10.2. The van der Waals surface area contributed by atoms with Crippen LogP contribution in [0.3, 0.4) is 0 Å². The molecule has 3 nitrogen and oxygen atoms in total. The predicted octanol–water partition coefficient (Wildman–Crippen LogP) is 8.78. The van der Waals surface area contributed by atoms with E-state index in [-0.39, 0.29) is 0 Å². The van der Waals surface area contributed by atoms with Crippen molar-refractivity contribution in [3.63, 3.8) is 0 Å². The maximum absolute atomic E-state index is 4.32. The maximum atomic E-state index is 4.32. The molecule has 4 aromatic rings. The number of benzene rings is 2. The molecule has 0 spiro atoms. The average molecular weight is 502 g/mol. The SMILES string of the molecule is C#C.CC.C\C=C/C(=C\C=C\C)c1ccc(Cc2ccc(-n3c(C)c(C=NC)c4cnccc43)cc2)cc1.